The number of rotatable bonds is 11. The van der Waals surface area contributed by atoms with E-state index in [1.165, 1.54) is 53.4 Å². The first-order valence-electron chi connectivity index (χ1n) is 15.4. The number of thioether (sulfide) groups is 1. The second-order valence-corrected chi connectivity index (χ2v) is 13.8. The first-order valence-corrected chi connectivity index (χ1v) is 17.9. The van der Waals surface area contributed by atoms with Crippen molar-refractivity contribution < 1.29 is 18.8 Å². The molecule has 5 aromatic carbocycles. The molecule has 0 saturated heterocycles. The zero-order valence-corrected chi connectivity index (χ0v) is 29.6. The van der Waals surface area contributed by atoms with Crippen LogP contribution in [0.15, 0.2) is 143 Å². The van der Waals surface area contributed by atoms with Crippen molar-refractivity contribution >= 4 is 80.9 Å². The standard InChI is InChI=1S/C39H27Cl2FN4O3S2/c40-31-19-16-27(21-32(31)41)34-23-50-39(45-34)46-38(49)35(25-8-3-1-4-9-25)51-30-13-7-12-29(22-30)43-37(48)33(20-24-14-17-28(42)18-15-24)44-36(47)26-10-5-2-6-11-26/h1-23,35H,(H,43,48)(H,44,47)(H,45,46,49)/b33-20-. The Kier molecular flexibility index (Phi) is 11.6. The Bertz CT molecular complexity index is 2220. The van der Waals surface area contributed by atoms with Gasteiger partial charge in [0.2, 0.25) is 5.91 Å². The van der Waals surface area contributed by atoms with Gasteiger partial charge in [0, 0.05) is 27.1 Å². The van der Waals surface area contributed by atoms with Gasteiger partial charge in [-0.2, -0.15) is 0 Å². The van der Waals surface area contributed by atoms with E-state index in [0.29, 0.717) is 42.6 Å². The number of amides is 3. The summed E-state index contributed by atoms with van der Waals surface area (Å²) < 4.78 is 13.6. The SMILES string of the molecule is O=C(Nc1cccc(SC(C(=O)Nc2nc(-c3ccc(Cl)c(Cl)c3)cs2)c2ccccc2)c1)/C(=C/c1ccc(F)cc1)NC(=O)c1ccccc1. The largest absolute Gasteiger partial charge is 0.321 e. The summed E-state index contributed by atoms with van der Waals surface area (Å²) in [5.41, 5.74) is 3.45. The third kappa shape index (κ3) is 9.50. The number of hydrogen-bond donors (Lipinski definition) is 3. The number of anilines is 2. The molecule has 1 aromatic heterocycles. The quantitative estimate of drug-likeness (QED) is 0.0904. The molecule has 1 atom stereocenters. The van der Waals surface area contributed by atoms with Gasteiger partial charge in [0.15, 0.2) is 5.13 Å². The highest BCUT2D eigenvalue weighted by molar-refractivity contribution is 8.00. The number of carbonyl (C=O) groups is 3. The highest BCUT2D eigenvalue weighted by Gasteiger charge is 2.24. The number of halogens is 3. The predicted molar refractivity (Wildman–Crippen MR) is 205 cm³/mol. The Morgan fingerprint density at radius 3 is 2.24 bits per heavy atom. The molecule has 0 spiro atoms. The monoisotopic (exact) mass is 752 g/mol. The Morgan fingerprint density at radius 2 is 1.51 bits per heavy atom. The molecule has 0 aliphatic heterocycles. The number of benzene rings is 5. The maximum absolute atomic E-state index is 13.8. The predicted octanol–water partition coefficient (Wildman–Crippen LogP) is 10.1. The number of hydrogen-bond acceptors (Lipinski definition) is 6. The second-order valence-electron chi connectivity index (χ2n) is 11.0. The number of nitrogens with one attached hydrogen (secondary N) is 3. The Balaban J connectivity index is 1.21. The van der Waals surface area contributed by atoms with Crippen LogP contribution < -0.4 is 16.0 Å². The van der Waals surface area contributed by atoms with E-state index in [9.17, 15) is 18.8 Å². The van der Waals surface area contributed by atoms with Crippen molar-refractivity contribution in [1.82, 2.24) is 10.3 Å². The van der Waals surface area contributed by atoms with Gasteiger partial charge < -0.3 is 16.0 Å². The molecular formula is C39H27Cl2FN4O3S2. The van der Waals surface area contributed by atoms with Crippen LogP contribution in [0.25, 0.3) is 17.3 Å². The molecule has 0 aliphatic carbocycles. The fourth-order valence-corrected chi connectivity index (χ4v) is 6.94. The minimum absolute atomic E-state index is 0.0428. The van der Waals surface area contributed by atoms with Crippen LogP contribution in [0.5, 0.6) is 0 Å². The molecule has 0 fully saturated rings. The molecule has 12 heteroatoms. The highest BCUT2D eigenvalue weighted by atomic mass is 35.5. The Hall–Kier alpha value is -5.26. The highest BCUT2D eigenvalue weighted by Crippen LogP contribution is 2.38. The molecule has 1 unspecified atom stereocenters. The van der Waals surface area contributed by atoms with Gasteiger partial charge in [0.05, 0.1) is 15.7 Å². The lowest BCUT2D eigenvalue weighted by Crippen LogP contribution is -2.30. The summed E-state index contributed by atoms with van der Waals surface area (Å²) in [6.45, 7) is 0. The van der Waals surface area contributed by atoms with Crippen molar-refractivity contribution in [1.29, 1.82) is 0 Å². The molecule has 1 heterocycles. The van der Waals surface area contributed by atoms with Gasteiger partial charge in [0.25, 0.3) is 11.8 Å². The van der Waals surface area contributed by atoms with E-state index >= 15 is 0 Å². The summed E-state index contributed by atoms with van der Waals surface area (Å²) in [6.07, 6.45) is 1.47. The van der Waals surface area contributed by atoms with E-state index in [4.69, 9.17) is 23.2 Å². The second kappa shape index (κ2) is 16.6. The van der Waals surface area contributed by atoms with Crippen LogP contribution in [0.3, 0.4) is 0 Å². The summed E-state index contributed by atoms with van der Waals surface area (Å²) in [4.78, 5) is 45.7. The van der Waals surface area contributed by atoms with Crippen LogP contribution in [-0.2, 0) is 9.59 Å². The summed E-state index contributed by atoms with van der Waals surface area (Å²) in [6, 6.07) is 35.6. The van der Waals surface area contributed by atoms with E-state index in [1.54, 1.807) is 60.7 Å². The summed E-state index contributed by atoms with van der Waals surface area (Å²) in [7, 11) is 0. The number of thiazole rings is 1. The van der Waals surface area contributed by atoms with Crippen molar-refractivity contribution in [2.75, 3.05) is 10.6 Å². The minimum Gasteiger partial charge on any atom is -0.321 e. The molecular weight excluding hydrogens is 726 g/mol. The first kappa shape index (κ1) is 35.6. The van der Waals surface area contributed by atoms with Crippen LogP contribution in [0, 0.1) is 5.82 Å². The van der Waals surface area contributed by atoms with Gasteiger partial charge in [-0.25, -0.2) is 9.37 Å². The third-order valence-corrected chi connectivity index (χ3v) is 10.1. The lowest BCUT2D eigenvalue weighted by Gasteiger charge is -2.17. The van der Waals surface area contributed by atoms with Gasteiger partial charge in [0.1, 0.15) is 16.8 Å². The Labute approximate surface area is 311 Å². The zero-order chi connectivity index (χ0) is 35.7. The van der Waals surface area contributed by atoms with E-state index in [1.807, 2.05) is 47.8 Å². The first-order chi connectivity index (χ1) is 24.7. The van der Waals surface area contributed by atoms with Crippen LogP contribution in [-0.4, -0.2) is 22.7 Å². The molecule has 6 rings (SSSR count). The molecule has 7 nitrogen and oxygen atoms in total. The zero-order valence-electron chi connectivity index (χ0n) is 26.5. The Morgan fingerprint density at radius 1 is 0.784 bits per heavy atom. The van der Waals surface area contributed by atoms with E-state index in [0.717, 1.165) is 11.1 Å². The van der Waals surface area contributed by atoms with Crippen molar-refractivity contribution in [3.8, 4) is 11.3 Å². The topological polar surface area (TPSA) is 100 Å². The van der Waals surface area contributed by atoms with Gasteiger partial charge in [-0.15, -0.1) is 23.1 Å². The van der Waals surface area contributed by atoms with Gasteiger partial charge in [-0.1, -0.05) is 96.0 Å². The molecule has 254 valence electrons. The van der Waals surface area contributed by atoms with E-state index in [2.05, 4.69) is 20.9 Å². The van der Waals surface area contributed by atoms with E-state index < -0.39 is 22.9 Å². The molecule has 0 bridgehead atoms. The lowest BCUT2D eigenvalue weighted by molar-refractivity contribution is -0.116. The van der Waals surface area contributed by atoms with Crippen LogP contribution >= 0.6 is 46.3 Å². The van der Waals surface area contributed by atoms with Crippen molar-refractivity contribution in [3.63, 3.8) is 0 Å². The van der Waals surface area contributed by atoms with Crippen molar-refractivity contribution in [3.05, 3.63) is 171 Å². The fourth-order valence-electron chi connectivity index (χ4n) is 4.84. The summed E-state index contributed by atoms with van der Waals surface area (Å²) in [5.74, 6) is -1.79. The normalized spacial score (nSPS) is 11.8. The average Bonchev–Trinajstić information content (AvgIpc) is 3.61. The van der Waals surface area contributed by atoms with Gasteiger partial charge in [-0.05, 0) is 71.8 Å². The number of carbonyl (C=O) groups excluding carboxylic acids is 3. The van der Waals surface area contributed by atoms with Crippen molar-refractivity contribution in [2.45, 2.75) is 10.1 Å². The number of aromatic nitrogens is 1. The van der Waals surface area contributed by atoms with Crippen molar-refractivity contribution in [2.24, 2.45) is 0 Å². The lowest BCUT2D eigenvalue weighted by atomic mass is 10.1. The van der Waals surface area contributed by atoms with E-state index in [-0.39, 0.29) is 11.6 Å². The molecule has 3 N–H and O–H groups in total. The number of nitrogens with zero attached hydrogens (tertiary/aromatic N) is 1. The van der Waals surface area contributed by atoms with Gasteiger partial charge >= 0.3 is 0 Å². The molecule has 3 amide bonds. The van der Waals surface area contributed by atoms with Crippen LogP contribution in [0.1, 0.15) is 26.7 Å². The molecule has 0 saturated carbocycles. The minimum atomic E-state index is -0.673. The molecule has 0 radical (unpaired) electrons. The third-order valence-electron chi connectivity index (χ3n) is 7.35. The molecule has 6 aromatic rings. The van der Waals surface area contributed by atoms with Gasteiger partial charge in [-0.3, -0.25) is 14.4 Å². The molecule has 51 heavy (non-hydrogen) atoms. The average molecular weight is 754 g/mol. The van der Waals surface area contributed by atoms with Crippen LogP contribution in [0.4, 0.5) is 15.2 Å². The maximum Gasteiger partial charge on any atom is 0.272 e. The van der Waals surface area contributed by atoms with Crippen LogP contribution in [0.2, 0.25) is 10.0 Å². The fraction of sp³-hybridized carbons (Fsp3) is 0.0256. The summed E-state index contributed by atoms with van der Waals surface area (Å²) >= 11 is 14.8. The smallest absolute Gasteiger partial charge is 0.272 e. The maximum atomic E-state index is 13.8. The molecule has 0 aliphatic rings. The summed E-state index contributed by atoms with van der Waals surface area (Å²) in [5, 5.41) is 10.9.